The number of thiocarbonyl (C=S) groups is 1. The molecule has 0 saturated carbocycles. The predicted molar refractivity (Wildman–Crippen MR) is 108 cm³/mol. The first-order valence-corrected chi connectivity index (χ1v) is 9.36. The maximum Gasteiger partial charge on any atom is 0.408 e. The number of methoxy groups -OCH3 is 1. The van der Waals surface area contributed by atoms with E-state index in [4.69, 9.17) is 21.7 Å². The van der Waals surface area contributed by atoms with Crippen LogP contribution in [-0.4, -0.2) is 30.8 Å². The van der Waals surface area contributed by atoms with E-state index in [0.29, 0.717) is 11.5 Å². The Hall–Kier alpha value is -2.12. The Morgan fingerprint density at radius 1 is 1.23 bits per heavy atom. The molecule has 7 heteroatoms. The van der Waals surface area contributed by atoms with E-state index in [9.17, 15) is 4.79 Å². The summed E-state index contributed by atoms with van der Waals surface area (Å²) in [7, 11) is 1.61. The van der Waals surface area contributed by atoms with Gasteiger partial charge >= 0.3 is 6.09 Å². The number of hydrogen-bond acceptors (Lipinski definition) is 4. The fraction of sp³-hybridized carbons (Fsp3) is 0.263. The molecule has 0 radical (unpaired) electrons. The zero-order valence-electron chi connectivity index (χ0n) is 14.2. The fourth-order valence-corrected chi connectivity index (χ4v) is 3.42. The number of alkyl carbamates (subject to hydrolysis) is 1. The second-order valence-corrected chi connectivity index (χ2v) is 7.30. The summed E-state index contributed by atoms with van der Waals surface area (Å²) in [6, 6.07) is 15.1. The molecule has 0 spiro atoms. The van der Waals surface area contributed by atoms with Crippen molar-refractivity contribution >= 4 is 39.2 Å². The Morgan fingerprint density at radius 2 is 1.92 bits per heavy atom. The molecular weight excluding hydrogens is 416 g/mol. The van der Waals surface area contributed by atoms with Gasteiger partial charge in [-0.3, -0.25) is 0 Å². The molecule has 2 aromatic carbocycles. The lowest BCUT2D eigenvalue weighted by molar-refractivity contribution is 0.137. The van der Waals surface area contributed by atoms with Crippen molar-refractivity contribution in [1.82, 2.24) is 10.6 Å². The van der Waals surface area contributed by atoms with Crippen LogP contribution in [-0.2, 0) is 11.3 Å². The van der Waals surface area contributed by atoms with E-state index < -0.39 is 6.09 Å². The Morgan fingerprint density at radius 3 is 2.58 bits per heavy atom. The van der Waals surface area contributed by atoms with Gasteiger partial charge in [0.1, 0.15) is 12.4 Å². The normalized spacial score (nSPS) is 18.9. The molecule has 2 aromatic rings. The molecule has 1 heterocycles. The van der Waals surface area contributed by atoms with Crippen molar-refractivity contribution in [2.24, 2.45) is 0 Å². The molecular formula is C19H19BrN2O3S. The number of hydrogen-bond donors (Lipinski definition) is 2. The van der Waals surface area contributed by atoms with E-state index in [-0.39, 0.29) is 18.6 Å². The Balaban J connectivity index is 1.59. The van der Waals surface area contributed by atoms with E-state index in [1.165, 1.54) is 0 Å². The SMILES string of the molecule is COc1ccc(COC(=O)N[C@@H]2C(=S)NC[C@H]2c2ccc(Br)cc2)cc1. The number of ether oxygens (including phenoxy) is 2. The maximum absolute atomic E-state index is 12.2. The van der Waals surface area contributed by atoms with Gasteiger partial charge in [-0.1, -0.05) is 52.4 Å². The third-order valence-electron chi connectivity index (χ3n) is 4.28. The van der Waals surface area contributed by atoms with Gasteiger partial charge in [0, 0.05) is 16.9 Å². The summed E-state index contributed by atoms with van der Waals surface area (Å²) in [4.78, 5) is 12.8. The highest BCUT2D eigenvalue weighted by molar-refractivity contribution is 9.10. The highest BCUT2D eigenvalue weighted by Gasteiger charge is 2.34. The van der Waals surface area contributed by atoms with Gasteiger partial charge < -0.3 is 20.1 Å². The van der Waals surface area contributed by atoms with Gasteiger partial charge in [-0.05, 0) is 35.4 Å². The molecule has 136 valence electrons. The first-order chi connectivity index (χ1) is 12.6. The molecule has 2 atom stereocenters. The zero-order chi connectivity index (χ0) is 18.5. The lowest BCUT2D eigenvalue weighted by Crippen LogP contribution is -2.42. The van der Waals surface area contributed by atoms with E-state index in [0.717, 1.165) is 21.3 Å². The largest absolute Gasteiger partial charge is 0.497 e. The van der Waals surface area contributed by atoms with Crippen LogP contribution in [0.2, 0.25) is 0 Å². The van der Waals surface area contributed by atoms with Crippen LogP contribution >= 0.6 is 28.1 Å². The van der Waals surface area contributed by atoms with Crippen molar-refractivity contribution in [3.8, 4) is 5.75 Å². The minimum Gasteiger partial charge on any atom is -0.497 e. The molecule has 0 aromatic heterocycles. The average Bonchev–Trinajstić information content (AvgIpc) is 3.01. The van der Waals surface area contributed by atoms with Gasteiger partial charge in [0.15, 0.2) is 0 Å². The van der Waals surface area contributed by atoms with Crippen molar-refractivity contribution in [3.05, 3.63) is 64.1 Å². The first kappa shape index (κ1) is 18.7. The lowest BCUT2D eigenvalue weighted by Gasteiger charge is -2.20. The van der Waals surface area contributed by atoms with Crippen LogP contribution in [0.15, 0.2) is 53.0 Å². The summed E-state index contributed by atoms with van der Waals surface area (Å²) >= 11 is 8.80. The van der Waals surface area contributed by atoms with Crippen molar-refractivity contribution in [3.63, 3.8) is 0 Å². The highest BCUT2D eigenvalue weighted by Crippen LogP contribution is 2.26. The molecule has 3 rings (SSSR count). The third-order valence-corrected chi connectivity index (χ3v) is 5.21. The van der Waals surface area contributed by atoms with Crippen molar-refractivity contribution in [2.75, 3.05) is 13.7 Å². The highest BCUT2D eigenvalue weighted by atomic mass is 79.9. The minimum absolute atomic E-state index is 0.0733. The average molecular weight is 435 g/mol. The van der Waals surface area contributed by atoms with Gasteiger partial charge in [-0.25, -0.2) is 4.79 Å². The second-order valence-electron chi connectivity index (χ2n) is 5.95. The standard InChI is InChI=1S/C19H19BrN2O3S/c1-24-15-8-2-12(3-9-15)11-25-19(23)22-17-16(10-21-18(17)26)13-4-6-14(20)7-5-13/h2-9,16-17H,10-11H2,1H3,(H,21,26)(H,22,23)/t16-,17-/m0/s1. The molecule has 5 nitrogen and oxygen atoms in total. The molecule has 0 aliphatic carbocycles. The van der Waals surface area contributed by atoms with Crippen molar-refractivity contribution in [1.29, 1.82) is 0 Å². The summed E-state index contributed by atoms with van der Waals surface area (Å²) < 4.78 is 11.5. The van der Waals surface area contributed by atoms with Gasteiger partial charge in [0.05, 0.1) is 18.1 Å². The van der Waals surface area contributed by atoms with Gasteiger partial charge in [-0.2, -0.15) is 0 Å². The van der Waals surface area contributed by atoms with Crippen LogP contribution in [0.3, 0.4) is 0 Å². The molecule has 0 unspecified atom stereocenters. The van der Waals surface area contributed by atoms with Crippen LogP contribution in [0.5, 0.6) is 5.75 Å². The molecule has 1 aliphatic rings. The quantitative estimate of drug-likeness (QED) is 0.701. The van der Waals surface area contributed by atoms with Crippen LogP contribution in [0, 0.1) is 0 Å². The predicted octanol–water partition coefficient (Wildman–Crippen LogP) is 3.77. The molecule has 1 aliphatic heterocycles. The van der Waals surface area contributed by atoms with E-state index in [1.807, 2.05) is 48.5 Å². The molecule has 1 amide bonds. The summed E-state index contributed by atoms with van der Waals surface area (Å²) in [6.07, 6.45) is -0.487. The zero-order valence-corrected chi connectivity index (χ0v) is 16.6. The smallest absolute Gasteiger partial charge is 0.408 e. The van der Waals surface area contributed by atoms with E-state index >= 15 is 0 Å². The number of amides is 1. The summed E-state index contributed by atoms with van der Waals surface area (Å²) in [5.41, 5.74) is 2.00. The number of halogens is 1. The topological polar surface area (TPSA) is 59.6 Å². The number of nitrogens with one attached hydrogen (secondary N) is 2. The van der Waals surface area contributed by atoms with Crippen molar-refractivity contribution in [2.45, 2.75) is 18.6 Å². The number of benzene rings is 2. The lowest BCUT2D eigenvalue weighted by atomic mass is 9.94. The van der Waals surface area contributed by atoms with Crippen LogP contribution in [0.25, 0.3) is 0 Å². The Bertz CT molecular complexity index is 780. The summed E-state index contributed by atoms with van der Waals surface area (Å²) in [5.74, 6) is 0.835. The van der Waals surface area contributed by atoms with Gasteiger partial charge in [0.25, 0.3) is 0 Å². The minimum atomic E-state index is -0.487. The number of carbonyl (C=O) groups excluding carboxylic acids is 1. The third kappa shape index (κ3) is 4.53. The number of carbonyl (C=O) groups is 1. The number of rotatable bonds is 5. The summed E-state index contributed by atoms with van der Waals surface area (Å²) in [6.45, 7) is 0.871. The molecule has 2 N–H and O–H groups in total. The van der Waals surface area contributed by atoms with Gasteiger partial charge in [-0.15, -0.1) is 0 Å². The van der Waals surface area contributed by atoms with Crippen LogP contribution < -0.4 is 15.4 Å². The fourth-order valence-electron chi connectivity index (χ4n) is 2.85. The van der Waals surface area contributed by atoms with Gasteiger partial charge in [0.2, 0.25) is 0 Å². The second kappa shape index (κ2) is 8.51. The molecule has 26 heavy (non-hydrogen) atoms. The monoisotopic (exact) mass is 434 g/mol. The van der Waals surface area contributed by atoms with Crippen LogP contribution in [0.4, 0.5) is 4.79 Å². The van der Waals surface area contributed by atoms with E-state index in [2.05, 4.69) is 26.6 Å². The molecule has 0 bridgehead atoms. The molecule has 1 fully saturated rings. The molecule has 1 saturated heterocycles. The van der Waals surface area contributed by atoms with Crippen molar-refractivity contribution < 1.29 is 14.3 Å². The Labute approximate surface area is 166 Å². The summed E-state index contributed by atoms with van der Waals surface area (Å²) in [5, 5.41) is 6.04. The maximum atomic E-state index is 12.2. The van der Waals surface area contributed by atoms with Crippen LogP contribution in [0.1, 0.15) is 17.0 Å². The Kier molecular flexibility index (Phi) is 6.11. The first-order valence-electron chi connectivity index (χ1n) is 8.16. The van der Waals surface area contributed by atoms with E-state index in [1.54, 1.807) is 7.11 Å².